The summed E-state index contributed by atoms with van der Waals surface area (Å²) in [6.07, 6.45) is 4.56. The lowest BCUT2D eigenvalue weighted by atomic mass is 10.0. The summed E-state index contributed by atoms with van der Waals surface area (Å²) in [6, 6.07) is 11.3. The fourth-order valence-electron chi connectivity index (χ4n) is 4.41. The minimum absolute atomic E-state index is 0.00397. The topological polar surface area (TPSA) is 62.2 Å². The number of methoxy groups -OCH3 is 1. The minimum atomic E-state index is -0.220. The van der Waals surface area contributed by atoms with Crippen LogP contribution in [0, 0.1) is 5.92 Å². The zero-order chi connectivity index (χ0) is 22.5. The second kappa shape index (κ2) is 10.6. The zero-order valence-electron chi connectivity index (χ0n) is 18.2. The molecule has 8 heteroatoms. The van der Waals surface area contributed by atoms with Gasteiger partial charge >= 0.3 is 0 Å². The van der Waals surface area contributed by atoms with Gasteiger partial charge in [-0.2, -0.15) is 5.10 Å². The van der Waals surface area contributed by atoms with Gasteiger partial charge in [0.1, 0.15) is 6.54 Å². The standard InChI is InChI=1S/C24H28ClN3O3S/c1-31-13-12-27(24(30)18-5-2-3-6-18)16-23(29)28-21(17-8-10-19(25)11-9-17)15-20(26-28)22-7-4-14-32-22/h4,7-11,14,18,21H,2-3,5-6,12-13,15-16H2,1H3/t21-/m1/s1. The molecular formula is C24H28ClN3O3S. The number of amides is 2. The van der Waals surface area contributed by atoms with E-state index in [0.717, 1.165) is 41.8 Å². The highest BCUT2D eigenvalue weighted by Gasteiger charge is 2.36. The van der Waals surface area contributed by atoms with E-state index in [9.17, 15) is 9.59 Å². The van der Waals surface area contributed by atoms with Crippen molar-refractivity contribution in [1.82, 2.24) is 9.91 Å². The molecule has 1 fully saturated rings. The van der Waals surface area contributed by atoms with E-state index in [2.05, 4.69) is 0 Å². The summed E-state index contributed by atoms with van der Waals surface area (Å²) < 4.78 is 5.20. The Labute approximate surface area is 197 Å². The number of rotatable bonds is 8. The average molecular weight is 474 g/mol. The lowest BCUT2D eigenvalue weighted by molar-refractivity contribution is -0.144. The summed E-state index contributed by atoms with van der Waals surface area (Å²) in [5, 5.41) is 8.92. The maximum atomic E-state index is 13.5. The van der Waals surface area contributed by atoms with Crippen molar-refractivity contribution in [3.63, 3.8) is 0 Å². The molecule has 2 aliphatic rings. The van der Waals surface area contributed by atoms with Crippen LogP contribution < -0.4 is 0 Å². The van der Waals surface area contributed by atoms with Crippen LogP contribution in [0.3, 0.4) is 0 Å². The number of thiophene rings is 1. The number of benzene rings is 1. The summed E-state index contributed by atoms with van der Waals surface area (Å²) in [6.45, 7) is 0.804. The second-order valence-corrected chi connectivity index (χ2v) is 9.65. The average Bonchev–Trinajstić information content (AvgIpc) is 3.57. The normalized spacial score (nSPS) is 18.8. The third-order valence-corrected chi connectivity index (χ3v) is 7.30. The molecule has 6 nitrogen and oxygen atoms in total. The van der Waals surface area contributed by atoms with Crippen LogP contribution in [0.5, 0.6) is 0 Å². The Bertz CT molecular complexity index is 955. The number of ether oxygens (including phenoxy) is 1. The highest BCUT2D eigenvalue weighted by atomic mass is 35.5. The first-order valence-corrected chi connectivity index (χ1v) is 12.3. The molecule has 1 aliphatic heterocycles. The first-order chi connectivity index (χ1) is 15.6. The van der Waals surface area contributed by atoms with Gasteiger partial charge in [0, 0.05) is 31.0 Å². The van der Waals surface area contributed by atoms with Crippen molar-refractivity contribution < 1.29 is 14.3 Å². The SMILES string of the molecule is COCCN(CC(=O)N1N=C(c2cccs2)C[C@@H]1c1ccc(Cl)cc1)C(=O)C1CCCC1. The van der Waals surface area contributed by atoms with Gasteiger partial charge in [-0.05, 0) is 42.0 Å². The molecule has 2 heterocycles. The maximum absolute atomic E-state index is 13.5. The van der Waals surface area contributed by atoms with E-state index in [0.29, 0.717) is 24.6 Å². The predicted octanol–water partition coefficient (Wildman–Crippen LogP) is 4.74. The Kier molecular flexibility index (Phi) is 7.60. The molecule has 1 aliphatic carbocycles. The Morgan fingerprint density at radius 2 is 1.97 bits per heavy atom. The van der Waals surface area contributed by atoms with E-state index < -0.39 is 0 Å². The molecule has 2 amide bonds. The van der Waals surface area contributed by atoms with E-state index in [1.165, 1.54) is 0 Å². The molecule has 1 atom stereocenters. The predicted molar refractivity (Wildman–Crippen MR) is 127 cm³/mol. The fourth-order valence-corrected chi connectivity index (χ4v) is 5.26. The molecule has 1 aromatic carbocycles. The van der Waals surface area contributed by atoms with Crippen molar-refractivity contribution in [1.29, 1.82) is 0 Å². The van der Waals surface area contributed by atoms with Gasteiger partial charge in [-0.1, -0.05) is 42.6 Å². The van der Waals surface area contributed by atoms with Crippen LogP contribution in [0.1, 0.15) is 48.6 Å². The van der Waals surface area contributed by atoms with Crippen LogP contribution in [0.15, 0.2) is 46.9 Å². The fraction of sp³-hybridized carbons (Fsp3) is 0.458. The Balaban J connectivity index is 1.56. The molecule has 0 spiro atoms. The van der Waals surface area contributed by atoms with Gasteiger partial charge in [-0.3, -0.25) is 9.59 Å². The maximum Gasteiger partial charge on any atom is 0.262 e. The summed E-state index contributed by atoms with van der Waals surface area (Å²) in [5.41, 5.74) is 1.86. The minimum Gasteiger partial charge on any atom is -0.383 e. The van der Waals surface area contributed by atoms with E-state index in [4.69, 9.17) is 21.4 Å². The van der Waals surface area contributed by atoms with E-state index in [1.807, 2.05) is 41.8 Å². The molecule has 0 unspecified atom stereocenters. The van der Waals surface area contributed by atoms with Crippen LogP contribution in [-0.2, 0) is 14.3 Å². The zero-order valence-corrected chi connectivity index (χ0v) is 19.8. The Morgan fingerprint density at radius 3 is 2.62 bits per heavy atom. The molecule has 2 aromatic rings. The van der Waals surface area contributed by atoms with Crippen LogP contribution in [0.4, 0.5) is 0 Å². The number of hydrogen-bond acceptors (Lipinski definition) is 5. The summed E-state index contributed by atoms with van der Waals surface area (Å²) in [4.78, 5) is 29.3. The molecule has 0 N–H and O–H groups in total. The largest absolute Gasteiger partial charge is 0.383 e. The van der Waals surface area contributed by atoms with Crippen LogP contribution in [0.25, 0.3) is 0 Å². The van der Waals surface area contributed by atoms with Crippen LogP contribution in [-0.4, -0.2) is 54.2 Å². The third kappa shape index (κ3) is 5.22. The molecule has 0 radical (unpaired) electrons. The number of hydrazone groups is 1. The van der Waals surface area contributed by atoms with Gasteiger partial charge in [0.25, 0.3) is 5.91 Å². The summed E-state index contributed by atoms with van der Waals surface area (Å²) in [5.74, 6) is -0.118. The molecule has 1 saturated carbocycles. The van der Waals surface area contributed by atoms with Crippen molar-refractivity contribution in [2.24, 2.45) is 11.0 Å². The lowest BCUT2D eigenvalue weighted by Gasteiger charge is -2.28. The highest BCUT2D eigenvalue weighted by molar-refractivity contribution is 7.12. The van der Waals surface area contributed by atoms with Crippen molar-refractivity contribution in [3.05, 3.63) is 57.2 Å². The smallest absolute Gasteiger partial charge is 0.262 e. The quantitative estimate of drug-likeness (QED) is 0.556. The summed E-state index contributed by atoms with van der Waals surface area (Å²) >= 11 is 7.69. The van der Waals surface area contributed by atoms with Crippen molar-refractivity contribution >= 4 is 40.5 Å². The molecule has 1 aromatic heterocycles. The van der Waals surface area contributed by atoms with Gasteiger partial charge in [-0.15, -0.1) is 11.3 Å². The third-order valence-electron chi connectivity index (χ3n) is 6.13. The number of carbonyl (C=O) groups is 2. The number of halogens is 1. The number of hydrogen-bond donors (Lipinski definition) is 0. The number of carbonyl (C=O) groups excluding carboxylic acids is 2. The second-order valence-electron chi connectivity index (χ2n) is 8.27. The Morgan fingerprint density at radius 1 is 1.22 bits per heavy atom. The van der Waals surface area contributed by atoms with E-state index in [-0.39, 0.29) is 30.3 Å². The molecule has 0 bridgehead atoms. The van der Waals surface area contributed by atoms with Gasteiger partial charge in [0.05, 0.1) is 23.2 Å². The van der Waals surface area contributed by atoms with Crippen molar-refractivity contribution in [2.45, 2.75) is 38.1 Å². The summed E-state index contributed by atoms with van der Waals surface area (Å²) in [7, 11) is 1.61. The van der Waals surface area contributed by atoms with Crippen molar-refractivity contribution in [3.8, 4) is 0 Å². The lowest BCUT2D eigenvalue weighted by Crippen LogP contribution is -2.44. The molecule has 170 valence electrons. The van der Waals surface area contributed by atoms with Crippen molar-refractivity contribution in [2.75, 3.05) is 26.8 Å². The van der Waals surface area contributed by atoms with E-state index >= 15 is 0 Å². The van der Waals surface area contributed by atoms with Crippen LogP contribution in [0.2, 0.25) is 5.02 Å². The molecule has 32 heavy (non-hydrogen) atoms. The molecule has 0 saturated heterocycles. The van der Waals surface area contributed by atoms with E-state index in [1.54, 1.807) is 28.4 Å². The monoisotopic (exact) mass is 473 g/mol. The highest BCUT2D eigenvalue weighted by Crippen LogP contribution is 2.34. The van der Waals surface area contributed by atoms with Gasteiger partial charge in [0.15, 0.2) is 0 Å². The number of nitrogens with zero attached hydrogens (tertiary/aromatic N) is 3. The van der Waals surface area contributed by atoms with Gasteiger partial charge in [0.2, 0.25) is 5.91 Å². The molecular weight excluding hydrogens is 446 g/mol. The first-order valence-electron chi connectivity index (χ1n) is 11.0. The first kappa shape index (κ1) is 23.0. The van der Waals surface area contributed by atoms with Gasteiger partial charge in [-0.25, -0.2) is 5.01 Å². The van der Waals surface area contributed by atoms with Gasteiger partial charge < -0.3 is 9.64 Å². The molecule has 4 rings (SSSR count). The Hall–Kier alpha value is -2.22. The van der Waals surface area contributed by atoms with Crippen LogP contribution >= 0.6 is 22.9 Å².